The van der Waals surface area contributed by atoms with Crippen molar-refractivity contribution in [1.82, 2.24) is 0 Å². The van der Waals surface area contributed by atoms with Crippen molar-refractivity contribution in [1.29, 1.82) is 0 Å². The van der Waals surface area contributed by atoms with Gasteiger partial charge in [-0.1, -0.05) is 102 Å². The minimum Gasteiger partial charge on any atom is -0.0654 e. The molecular formula is C38H70. The van der Waals surface area contributed by atoms with Gasteiger partial charge in [-0.3, -0.25) is 0 Å². The Labute approximate surface area is 240 Å². The van der Waals surface area contributed by atoms with E-state index in [4.69, 9.17) is 0 Å². The van der Waals surface area contributed by atoms with Gasteiger partial charge in [0.1, 0.15) is 0 Å². The van der Waals surface area contributed by atoms with E-state index in [9.17, 15) is 0 Å². The Balaban J connectivity index is 1.50. The van der Waals surface area contributed by atoms with Crippen molar-refractivity contribution in [3.63, 3.8) is 0 Å². The molecule has 0 heterocycles. The van der Waals surface area contributed by atoms with Crippen molar-refractivity contribution in [3.05, 3.63) is 0 Å². The second kappa shape index (κ2) is 11.3. The molecule has 0 aliphatic heterocycles. The van der Waals surface area contributed by atoms with Crippen molar-refractivity contribution in [2.24, 2.45) is 87.3 Å². The van der Waals surface area contributed by atoms with Crippen LogP contribution in [0.3, 0.4) is 0 Å². The van der Waals surface area contributed by atoms with Gasteiger partial charge in [0.05, 0.1) is 0 Å². The molecule has 4 aliphatic rings. The molecule has 38 heavy (non-hydrogen) atoms. The molecule has 12 atom stereocenters. The lowest BCUT2D eigenvalue weighted by atomic mass is 9.33. The van der Waals surface area contributed by atoms with Crippen LogP contribution in [0.4, 0.5) is 0 Å². The third-order valence-corrected chi connectivity index (χ3v) is 14.9. The van der Waals surface area contributed by atoms with E-state index in [1.54, 1.807) is 19.3 Å². The molecule has 0 heteroatoms. The number of hydrogen-bond donors (Lipinski definition) is 0. The van der Waals surface area contributed by atoms with Crippen LogP contribution in [0.15, 0.2) is 0 Å². The Bertz CT molecular complexity index is 767. The lowest BCUT2D eigenvalue weighted by molar-refractivity contribution is -0.226. The Morgan fingerprint density at radius 1 is 0.763 bits per heavy atom. The molecule has 0 radical (unpaired) electrons. The van der Waals surface area contributed by atoms with Crippen LogP contribution in [0.5, 0.6) is 0 Å². The van der Waals surface area contributed by atoms with Crippen molar-refractivity contribution in [2.45, 2.75) is 154 Å². The summed E-state index contributed by atoms with van der Waals surface area (Å²) in [4.78, 5) is 0. The maximum Gasteiger partial charge on any atom is -0.0177 e. The molecule has 4 rings (SSSR count). The molecule has 4 aliphatic carbocycles. The second-order valence-electron chi connectivity index (χ2n) is 17.1. The molecule has 0 spiro atoms. The monoisotopic (exact) mass is 527 g/mol. The van der Waals surface area contributed by atoms with Gasteiger partial charge in [0.2, 0.25) is 0 Å². The highest BCUT2D eigenvalue weighted by Crippen LogP contribution is 2.82. The smallest absolute Gasteiger partial charge is 0.0177 e. The Morgan fingerprint density at radius 3 is 1.92 bits per heavy atom. The van der Waals surface area contributed by atoms with Gasteiger partial charge >= 0.3 is 0 Å². The van der Waals surface area contributed by atoms with Crippen LogP contribution >= 0.6 is 0 Å². The van der Waals surface area contributed by atoms with Crippen LogP contribution in [-0.4, -0.2) is 0 Å². The van der Waals surface area contributed by atoms with Crippen LogP contribution in [-0.2, 0) is 0 Å². The van der Waals surface area contributed by atoms with Gasteiger partial charge in [-0.2, -0.15) is 0 Å². The molecule has 0 nitrogen and oxygen atoms in total. The van der Waals surface area contributed by atoms with Gasteiger partial charge in [-0.05, 0) is 139 Å². The van der Waals surface area contributed by atoms with Crippen molar-refractivity contribution in [2.75, 3.05) is 0 Å². The SMILES string of the molecule is CCCC1CC(C(C)C(C)C2CC3(CC4(C(C(C)C)C(C)C)C(C)CC4(CC)CCC)CC23)CC(C)C1C. The topological polar surface area (TPSA) is 0 Å². The molecule has 12 unspecified atom stereocenters. The maximum atomic E-state index is 2.69. The van der Waals surface area contributed by atoms with E-state index in [1.165, 1.54) is 51.4 Å². The summed E-state index contributed by atoms with van der Waals surface area (Å²) >= 11 is 0. The van der Waals surface area contributed by atoms with Gasteiger partial charge in [0, 0.05) is 0 Å². The third-order valence-electron chi connectivity index (χ3n) is 14.9. The fourth-order valence-electron chi connectivity index (χ4n) is 12.9. The van der Waals surface area contributed by atoms with E-state index in [-0.39, 0.29) is 0 Å². The van der Waals surface area contributed by atoms with E-state index in [1.807, 2.05) is 0 Å². The number of hydrogen-bond acceptors (Lipinski definition) is 0. The van der Waals surface area contributed by atoms with E-state index in [0.717, 1.165) is 76.4 Å². The minimum absolute atomic E-state index is 0.580. The van der Waals surface area contributed by atoms with Crippen molar-refractivity contribution in [3.8, 4) is 0 Å². The van der Waals surface area contributed by atoms with Gasteiger partial charge in [-0.25, -0.2) is 0 Å². The first-order valence-corrected chi connectivity index (χ1v) is 17.8. The average Bonchev–Trinajstić information content (AvgIpc) is 3.42. The summed E-state index contributed by atoms with van der Waals surface area (Å²) in [5, 5.41) is 0. The van der Waals surface area contributed by atoms with Gasteiger partial charge in [-0.15, -0.1) is 0 Å². The van der Waals surface area contributed by atoms with Crippen LogP contribution < -0.4 is 0 Å². The van der Waals surface area contributed by atoms with Crippen molar-refractivity contribution >= 4 is 0 Å². The molecular weight excluding hydrogens is 456 g/mol. The van der Waals surface area contributed by atoms with E-state index in [2.05, 4.69) is 83.1 Å². The van der Waals surface area contributed by atoms with Gasteiger partial charge in [0.15, 0.2) is 0 Å². The Kier molecular flexibility index (Phi) is 9.24. The summed E-state index contributed by atoms with van der Waals surface area (Å²) in [6.07, 6.45) is 16.3. The van der Waals surface area contributed by atoms with Crippen LogP contribution in [0.1, 0.15) is 154 Å². The summed E-state index contributed by atoms with van der Waals surface area (Å²) in [6.45, 7) is 30.9. The average molecular weight is 527 g/mol. The Morgan fingerprint density at radius 2 is 1.42 bits per heavy atom. The fourth-order valence-corrected chi connectivity index (χ4v) is 12.9. The molecule has 0 aromatic heterocycles. The zero-order valence-corrected chi connectivity index (χ0v) is 28.2. The number of rotatable bonds is 13. The van der Waals surface area contributed by atoms with E-state index in [0.29, 0.717) is 10.8 Å². The zero-order chi connectivity index (χ0) is 28.2. The molecule has 0 N–H and O–H groups in total. The predicted octanol–water partition coefficient (Wildman–Crippen LogP) is 11.9. The minimum atomic E-state index is 0.580. The predicted molar refractivity (Wildman–Crippen MR) is 168 cm³/mol. The van der Waals surface area contributed by atoms with Crippen LogP contribution in [0.25, 0.3) is 0 Å². The van der Waals surface area contributed by atoms with Gasteiger partial charge < -0.3 is 0 Å². The molecule has 0 bridgehead atoms. The standard InChI is InChI=1S/C38H70/c1-13-16-31-19-32(18-26(8)28(31)10)29(11)30(12)33-21-36(22-34(33)36)23-38(35(24(4)5)25(6)7)27(9)20-37(38,15-3)17-14-2/h24-35H,13-23H2,1-12H3. The quantitative estimate of drug-likeness (QED) is 0.224. The van der Waals surface area contributed by atoms with Crippen LogP contribution in [0.2, 0.25) is 0 Å². The second-order valence-corrected chi connectivity index (χ2v) is 17.1. The summed E-state index contributed by atoms with van der Waals surface area (Å²) in [5.74, 6) is 11.1. The molecule has 0 aromatic carbocycles. The molecule has 222 valence electrons. The lowest BCUT2D eigenvalue weighted by Gasteiger charge is -2.71. The first kappa shape index (κ1) is 30.9. The maximum absolute atomic E-state index is 2.69. The van der Waals surface area contributed by atoms with Crippen LogP contribution in [0, 0.1) is 87.3 Å². The molecule has 0 saturated heterocycles. The first-order valence-electron chi connectivity index (χ1n) is 17.8. The summed E-state index contributed by atoms with van der Waals surface area (Å²) < 4.78 is 0. The largest absolute Gasteiger partial charge is 0.0654 e. The molecule has 0 aromatic rings. The Hall–Kier alpha value is 0. The molecule has 0 amide bonds. The summed E-state index contributed by atoms with van der Waals surface area (Å²) in [7, 11) is 0. The number of fused-ring (bicyclic) bond motifs is 1. The highest BCUT2D eigenvalue weighted by molar-refractivity contribution is 5.23. The fraction of sp³-hybridized carbons (Fsp3) is 1.00. The highest BCUT2D eigenvalue weighted by Gasteiger charge is 2.75. The molecule has 4 saturated carbocycles. The normalized spacial score (nSPS) is 46.0. The van der Waals surface area contributed by atoms with E-state index < -0.39 is 0 Å². The van der Waals surface area contributed by atoms with Crippen molar-refractivity contribution < 1.29 is 0 Å². The molecule has 4 fully saturated rings. The summed E-state index contributed by atoms with van der Waals surface area (Å²) in [6, 6.07) is 0. The highest BCUT2D eigenvalue weighted by atomic mass is 14.8. The zero-order valence-electron chi connectivity index (χ0n) is 28.2. The third kappa shape index (κ3) is 4.79. The first-order chi connectivity index (χ1) is 17.8. The van der Waals surface area contributed by atoms with E-state index >= 15 is 0 Å². The van der Waals surface area contributed by atoms with Gasteiger partial charge in [0.25, 0.3) is 0 Å². The lowest BCUT2D eigenvalue weighted by Crippen LogP contribution is -2.64. The summed E-state index contributed by atoms with van der Waals surface area (Å²) in [5.41, 5.74) is 1.91.